The van der Waals surface area contributed by atoms with Crippen LogP contribution in [0.25, 0.3) is 0 Å². The molecule has 1 saturated carbocycles. The van der Waals surface area contributed by atoms with E-state index in [1.54, 1.807) is 24.3 Å². The highest BCUT2D eigenvalue weighted by atomic mass is 35.5. The number of sulfonamides is 1. The molecule has 0 bridgehead atoms. The first-order valence-corrected chi connectivity index (χ1v) is 15.9. The number of rotatable bonds is 11. The van der Waals surface area contributed by atoms with Gasteiger partial charge >= 0.3 is 0 Å². The van der Waals surface area contributed by atoms with E-state index in [9.17, 15) is 18.0 Å². The molecule has 1 fully saturated rings. The molecule has 1 aliphatic rings. The van der Waals surface area contributed by atoms with Crippen LogP contribution in [0.4, 0.5) is 0 Å². The van der Waals surface area contributed by atoms with Gasteiger partial charge in [0.1, 0.15) is 6.04 Å². The van der Waals surface area contributed by atoms with Crippen LogP contribution in [0.1, 0.15) is 43.2 Å². The number of carbonyl (C=O) groups excluding carboxylic acids is 2. The van der Waals surface area contributed by atoms with Crippen LogP contribution < -0.4 is 5.32 Å². The summed E-state index contributed by atoms with van der Waals surface area (Å²) < 4.78 is 27.6. The van der Waals surface area contributed by atoms with Crippen molar-refractivity contribution in [2.24, 2.45) is 0 Å². The molecule has 0 heterocycles. The summed E-state index contributed by atoms with van der Waals surface area (Å²) in [6, 6.07) is 21.6. The second kappa shape index (κ2) is 14.3. The smallest absolute Gasteiger partial charge is 0.243 e. The van der Waals surface area contributed by atoms with E-state index >= 15 is 0 Å². The quantitative estimate of drug-likeness (QED) is 0.300. The number of carbonyl (C=O) groups is 2. The van der Waals surface area contributed by atoms with E-state index < -0.39 is 28.5 Å². The zero-order valence-corrected chi connectivity index (χ0v) is 25.3. The Morgan fingerprint density at radius 1 is 0.854 bits per heavy atom. The van der Waals surface area contributed by atoms with Crippen LogP contribution in [-0.2, 0) is 32.6 Å². The molecule has 41 heavy (non-hydrogen) atoms. The molecule has 3 aromatic carbocycles. The zero-order chi connectivity index (χ0) is 29.4. The molecule has 0 radical (unpaired) electrons. The van der Waals surface area contributed by atoms with Gasteiger partial charge < -0.3 is 10.2 Å². The summed E-state index contributed by atoms with van der Waals surface area (Å²) in [5.74, 6) is -0.731. The minimum Gasteiger partial charge on any atom is -0.352 e. The summed E-state index contributed by atoms with van der Waals surface area (Å²) in [5.41, 5.74) is 1.67. The summed E-state index contributed by atoms with van der Waals surface area (Å²) in [6.07, 6.45) is 5.33. The maximum Gasteiger partial charge on any atom is 0.243 e. The van der Waals surface area contributed by atoms with Crippen LogP contribution >= 0.6 is 23.2 Å². The van der Waals surface area contributed by atoms with Gasteiger partial charge in [-0.25, -0.2) is 8.42 Å². The van der Waals surface area contributed by atoms with E-state index in [2.05, 4.69) is 5.32 Å². The summed E-state index contributed by atoms with van der Waals surface area (Å²) in [7, 11) is -2.62. The molecular weight excluding hydrogens is 581 g/mol. The topological polar surface area (TPSA) is 86.8 Å². The predicted octanol–water partition coefficient (Wildman–Crippen LogP) is 5.70. The van der Waals surface area contributed by atoms with Crippen molar-refractivity contribution in [1.29, 1.82) is 0 Å². The monoisotopic (exact) mass is 615 g/mol. The van der Waals surface area contributed by atoms with Gasteiger partial charge in [-0.2, -0.15) is 4.31 Å². The normalized spacial score (nSPS) is 14.9. The van der Waals surface area contributed by atoms with Gasteiger partial charge in [0, 0.05) is 36.1 Å². The van der Waals surface area contributed by atoms with E-state index in [0.29, 0.717) is 10.0 Å². The molecule has 0 aromatic heterocycles. The van der Waals surface area contributed by atoms with E-state index in [-0.39, 0.29) is 29.8 Å². The molecule has 218 valence electrons. The minimum absolute atomic E-state index is 0.0253. The van der Waals surface area contributed by atoms with Gasteiger partial charge in [-0.3, -0.25) is 9.59 Å². The molecule has 1 atom stereocenters. The standard InChI is InChI=1S/C31H35Cl2N3O4S/c1-35(41(39,40)28-18-16-26(33)17-19-28)22-30(37)36(21-24-12-14-25(32)15-13-24)29(20-23-8-4-2-5-9-23)31(38)34-27-10-6-3-7-11-27/h2,4-5,8-9,12-19,27,29H,3,6-7,10-11,20-22H2,1H3,(H,34,38)/t29-/m0/s1. The van der Waals surface area contributed by atoms with Gasteiger partial charge in [0.05, 0.1) is 11.4 Å². The van der Waals surface area contributed by atoms with Gasteiger partial charge in [-0.1, -0.05) is 84.9 Å². The molecule has 1 aliphatic carbocycles. The fraction of sp³-hybridized carbons (Fsp3) is 0.355. The van der Waals surface area contributed by atoms with Gasteiger partial charge in [-0.15, -0.1) is 0 Å². The fourth-order valence-corrected chi connectivity index (χ4v) is 6.41. The van der Waals surface area contributed by atoms with Crippen molar-refractivity contribution in [3.05, 3.63) is 100 Å². The van der Waals surface area contributed by atoms with Crippen molar-refractivity contribution in [1.82, 2.24) is 14.5 Å². The lowest BCUT2D eigenvalue weighted by Gasteiger charge is -2.34. The Kier molecular flexibility index (Phi) is 10.8. The molecule has 10 heteroatoms. The number of amides is 2. The van der Waals surface area contributed by atoms with E-state index in [1.807, 2.05) is 30.3 Å². The van der Waals surface area contributed by atoms with Gasteiger partial charge in [0.2, 0.25) is 21.8 Å². The Hall–Kier alpha value is -2.91. The van der Waals surface area contributed by atoms with Crippen molar-refractivity contribution in [3.8, 4) is 0 Å². The van der Waals surface area contributed by atoms with Crippen LogP contribution in [0.2, 0.25) is 10.0 Å². The van der Waals surface area contributed by atoms with E-state index in [1.165, 1.54) is 36.2 Å². The highest BCUT2D eigenvalue weighted by Crippen LogP contribution is 2.22. The van der Waals surface area contributed by atoms with Crippen molar-refractivity contribution >= 4 is 45.0 Å². The Morgan fingerprint density at radius 3 is 2.05 bits per heavy atom. The third-order valence-electron chi connectivity index (χ3n) is 7.37. The molecular formula is C31H35Cl2N3O4S. The maximum atomic E-state index is 14.0. The Morgan fingerprint density at radius 2 is 1.44 bits per heavy atom. The van der Waals surface area contributed by atoms with Gasteiger partial charge in [0.25, 0.3) is 0 Å². The molecule has 4 rings (SSSR count). The number of nitrogens with zero attached hydrogens (tertiary/aromatic N) is 2. The summed E-state index contributed by atoms with van der Waals surface area (Å²) in [4.78, 5) is 29.4. The first-order chi connectivity index (χ1) is 19.6. The number of hydrogen-bond acceptors (Lipinski definition) is 4. The third-order valence-corrected chi connectivity index (χ3v) is 9.69. The molecule has 2 amide bonds. The number of hydrogen-bond donors (Lipinski definition) is 1. The van der Waals surface area contributed by atoms with Crippen LogP contribution in [0.3, 0.4) is 0 Å². The van der Waals surface area contributed by atoms with Crippen LogP contribution in [0.15, 0.2) is 83.8 Å². The molecule has 7 nitrogen and oxygen atoms in total. The van der Waals surface area contributed by atoms with Crippen LogP contribution in [0, 0.1) is 0 Å². The lowest BCUT2D eigenvalue weighted by atomic mass is 9.94. The van der Waals surface area contributed by atoms with Crippen LogP contribution in [-0.4, -0.2) is 55.1 Å². The second-order valence-corrected chi connectivity index (χ2v) is 13.3. The maximum absolute atomic E-state index is 14.0. The van der Waals surface area contributed by atoms with E-state index in [4.69, 9.17) is 23.2 Å². The average molecular weight is 617 g/mol. The predicted molar refractivity (Wildman–Crippen MR) is 162 cm³/mol. The molecule has 0 aliphatic heterocycles. The minimum atomic E-state index is -3.98. The highest BCUT2D eigenvalue weighted by Gasteiger charge is 2.34. The lowest BCUT2D eigenvalue weighted by Crippen LogP contribution is -2.54. The number of nitrogens with one attached hydrogen (secondary N) is 1. The molecule has 0 saturated heterocycles. The largest absolute Gasteiger partial charge is 0.352 e. The zero-order valence-electron chi connectivity index (χ0n) is 23.0. The molecule has 0 unspecified atom stereocenters. The summed E-state index contributed by atoms with van der Waals surface area (Å²) in [6.45, 7) is -0.332. The highest BCUT2D eigenvalue weighted by molar-refractivity contribution is 7.89. The summed E-state index contributed by atoms with van der Waals surface area (Å²) in [5, 5.41) is 4.14. The van der Waals surface area contributed by atoms with Crippen molar-refractivity contribution < 1.29 is 18.0 Å². The van der Waals surface area contributed by atoms with Gasteiger partial charge in [0.15, 0.2) is 0 Å². The van der Waals surface area contributed by atoms with Crippen molar-refractivity contribution in [3.63, 3.8) is 0 Å². The first kappa shape index (κ1) is 31.0. The number of halogens is 2. The van der Waals surface area contributed by atoms with E-state index in [0.717, 1.165) is 47.5 Å². The van der Waals surface area contributed by atoms with Crippen LogP contribution in [0.5, 0.6) is 0 Å². The Bertz CT molecular complexity index is 1410. The number of likely N-dealkylation sites (N-methyl/N-ethyl adjacent to an activating group) is 1. The van der Waals surface area contributed by atoms with Gasteiger partial charge in [-0.05, 0) is 60.4 Å². The second-order valence-electron chi connectivity index (χ2n) is 10.4. The first-order valence-electron chi connectivity index (χ1n) is 13.7. The third kappa shape index (κ3) is 8.55. The molecule has 1 N–H and O–H groups in total. The van der Waals surface area contributed by atoms with Crippen molar-refractivity contribution in [2.45, 2.75) is 62.0 Å². The average Bonchev–Trinajstić information content (AvgIpc) is 2.97. The van der Waals surface area contributed by atoms with Crippen molar-refractivity contribution in [2.75, 3.05) is 13.6 Å². The number of benzene rings is 3. The summed E-state index contributed by atoms with van der Waals surface area (Å²) >= 11 is 12.0. The fourth-order valence-electron chi connectivity index (χ4n) is 5.04. The molecule has 3 aromatic rings. The Balaban J connectivity index is 1.65. The molecule has 0 spiro atoms. The SMILES string of the molecule is CN(CC(=O)N(Cc1ccc(Cl)cc1)[C@@H](Cc1ccccc1)C(=O)NC1CCCCC1)S(=O)(=O)c1ccc(Cl)cc1. The lowest BCUT2D eigenvalue weighted by molar-refractivity contribution is -0.141. The Labute approximate surface area is 252 Å².